The molecule has 26 heavy (non-hydrogen) atoms. The number of aryl methyl sites for hydroxylation is 1. The summed E-state index contributed by atoms with van der Waals surface area (Å²) in [6.45, 7) is 10.1. The van der Waals surface area contributed by atoms with E-state index in [0.29, 0.717) is 6.54 Å². The van der Waals surface area contributed by atoms with Crippen LogP contribution in [0.25, 0.3) is 0 Å². The Hall–Kier alpha value is -2.11. The fourth-order valence-corrected chi connectivity index (χ4v) is 3.80. The number of carbonyl (C=O) groups is 1. The number of carbonyl (C=O) groups excluding carboxylic acids is 1. The van der Waals surface area contributed by atoms with E-state index in [4.69, 9.17) is 4.74 Å². The normalized spacial score (nSPS) is 20.2. The van der Waals surface area contributed by atoms with Crippen LogP contribution in [0.15, 0.2) is 30.3 Å². The number of rotatable bonds is 6. The van der Waals surface area contributed by atoms with Gasteiger partial charge in [-0.05, 0) is 44.2 Å². The molecule has 0 spiro atoms. The molecule has 5 heteroatoms. The fourth-order valence-electron chi connectivity index (χ4n) is 3.80. The molecule has 140 valence electrons. The van der Waals surface area contributed by atoms with E-state index in [-0.39, 0.29) is 5.78 Å². The van der Waals surface area contributed by atoms with E-state index in [0.717, 1.165) is 55.4 Å². The molecule has 1 aliphatic heterocycles. The summed E-state index contributed by atoms with van der Waals surface area (Å²) in [6, 6.07) is 10.4. The zero-order valence-corrected chi connectivity index (χ0v) is 16.4. The van der Waals surface area contributed by atoms with E-state index in [1.807, 2.05) is 32.2 Å². The van der Waals surface area contributed by atoms with Gasteiger partial charge in [-0.25, -0.2) is 0 Å². The summed E-state index contributed by atoms with van der Waals surface area (Å²) in [5.41, 5.74) is 4.46. The number of benzene rings is 1. The second kappa shape index (κ2) is 8.06. The standard InChI is InChI=1S/C21H29N3O2/c1-16-13-20(17(2)22(16)3)21(25)15-24-11-9-23(10-12-24)14-18-5-7-19(26-4)8-6-18/h5-8,13H,9-12,14-15H2,1-4H3/p+2. The van der Waals surface area contributed by atoms with Gasteiger partial charge in [0.2, 0.25) is 5.78 Å². The summed E-state index contributed by atoms with van der Waals surface area (Å²) in [6.07, 6.45) is 0. The van der Waals surface area contributed by atoms with Crippen molar-refractivity contribution in [2.24, 2.45) is 7.05 Å². The predicted molar refractivity (Wildman–Crippen MR) is 102 cm³/mol. The van der Waals surface area contributed by atoms with Crippen LogP contribution in [0.2, 0.25) is 0 Å². The molecule has 2 N–H and O–H groups in total. The number of nitrogens with zero attached hydrogens (tertiary/aromatic N) is 1. The van der Waals surface area contributed by atoms with Crippen LogP contribution in [0.1, 0.15) is 27.3 Å². The number of ether oxygens (including phenoxy) is 1. The highest BCUT2D eigenvalue weighted by molar-refractivity contribution is 5.98. The molecule has 5 nitrogen and oxygen atoms in total. The minimum Gasteiger partial charge on any atom is -0.497 e. The Morgan fingerprint density at radius 2 is 1.69 bits per heavy atom. The number of piperazine rings is 1. The molecule has 0 amide bonds. The molecule has 1 saturated heterocycles. The van der Waals surface area contributed by atoms with Crippen molar-refractivity contribution in [3.8, 4) is 5.75 Å². The van der Waals surface area contributed by atoms with Crippen LogP contribution in [0.5, 0.6) is 5.75 Å². The number of hydrogen-bond acceptors (Lipinski definition) is 2. The molecule has 2 aromatic rings. The molecule has 2 heterocycles. The van der Waals surface area contributed by atoms with Crippen LogP contribution >= 0.6 is 0 Å². The van der Waals surface area contributed by atoms with E-state index in [9.17, 15) is 4.79 Å². The van der Waals surface area contributed by atoms with Crippen molar-refractivity contribution in [1.29, 1.82) is 0 Å². The number of nitrogens with one attached hydrogen (secondary N) is 2. The fraction of sp³-hybridized carbons (Fsp3) is 0.476. The maximum atomic E-state index is 12.7. The topological polar surface area (TPSA) is 40.1 Å². The molecule has 0 atom stereocenters. The Morgan fingerprint density at radius 1 is 1.08 bits per heavy atom. The molecule has 0 unspecified atom stereocenters. The van der Waals surface area contributed by atoms with Gasteiger partial charge in [0.05, 0.1) is 7.11 Å². The van der Waals surface area contributed by atoms with Crippen molar-refractivity contribution >= 4 is 5.78 Å². The average Bonchev–Trinajstić information content (AvgIpc) is 2.91. The van der Waals surface area contributed by atoms with Gasteiger partial charge in [0, 0.05) is 29.6 Å². The van der Waals surface area contributed by atoms with Crippen LogP contribution in [0, 0.1) is 13.8 Å². The highest BCUT2D eigenvalue weighted by Crippen LogP contribution is 2.13. The molecule has 1 aromatic carbocycles. The minimum atomic E-state index is 0.278. The van der Waals surface area contributed by atoms with Gasteiger partial charge in [0.25, 0.3) is 0 Å². The van der Waals surface area contributed by atoms with E-state index >= 15 is 0 Å². The number of aromatic nitrogens is 1. The summed E-state index contributed by atoms with van der Waals surface area (Å²) in [4.78, 5) is 15.7. The van der Waals surface area contributed by atoms with Gasteiger partial charge in [0.1, 0.15) is 45.0 Å². The monoisotopic (exact) mass is 357 g/mol. The third kappa shape index (κ3) is 4.17. The molecule has 0 bridgehead atoms. The van der Waals surface area contributed by atoms with Gasteiger partial charge < -0.3 is 19.1 Å². The Kier molecular flexibility index (Phi) is 5.79. The van der Waals surface area contributed by atoms with Crippen molar-refractivity contribution in [2.45, 2.75) is 20.4 Å². The summed E-state index contributed by atoms with van der Waals surface area (Å²) in [5.74, 6) is 1.18. The molecule has 1 aromatic heterocycles. The van der Waals surface area contributed by atoms with Gasteiger partial charge in [-0.3, -0.25) is 4.79 Å². The zero-order valence-electron chi connectivity index (χ0n) is 16.4. The van der Waals surface area contributed by atoms with Crippen LogP contribution in [-0.2, 0) is 13.6 Å². The predicted octanol–water partition coefficient (Wildman–Crippen LogP) is -0.183. The smallest absolute Gasteiger partial charge is 0.218 e. The summed E-state index contributed by atoms with van der Waals surface area (Å²) in [5, 5.41) is 0. The highest BCUT2D eigenvalue weighted by Gasteiger charge is 2.26. The SMILES string of the molecule is COc1ccc(C[NH+]2CC[NH+](CC(=O)c3cc(C)n(C)c3C)CC2)cc1. The van der Waals surface area contributed by atoms with E-state index < -0.39 is 0 Å². The first-order valence-corrected chi connectivity index (χ1v) is 9.44. The van der Waals surface area contributed by atoms with Crippen molar-refractivity contribution in [3.05, 3.63) is 52.8 Å². The maximum absolute atomic E-state index is 12.7. The lowest BCUT2D eigenvalue weighted by molar-refractivity contribution is -1.01. The number of hydrogen-bond donors (Lipinski definition) is 2. The third-order valence-corrected chi connectivity index (χ3v) is 5.76. The molecular formula is C21H31N3O2+2. The molecule has 0 aliphatic carbocycles. The zero-order chi connectivity index (χ0) is 18.7. The summed E-state index contributed by atoms with van der Waals surface area (Å²) in [7, 11) is 3.72. The second-order valence-corrected chi connectivity index (χ2v) is 7.47. The first kappa shape index (κ1) is 18.7. The Morgan fingerprint density at radius 3 is 2.23 bits per heavy atom. The highest BCUT2D eigenvalue weighted by atomic mass is 16.5. The lowest BCUT2D eigenvalue weighted by Gasteiger charge is -2.29. The Labute approximate surface area is 156 Å². The van der Waals surface area contributed by atoms with Gasteiger partial charge in [-0.2, -0.15) is 0 Å². The summed E-state index contributed by atoms with van der Waals surface area (Å²) >= 11 is 0. The lowest BCUT2D eigenvalue weighted by Crippen LogP contribution is -3.27. The number of Topliss-reactive ketones (excluding diaryl/α,β-unsaturated/α-hetero) is 1. The number of methoxy groups -OCH3 is 1. The molecule has 1 fully saturated rings. The second-order valence-electron chi connectivity index (χ2n) is 7.47. The third-order valence-electron chi connectivity index (χ3n) is 5.76. The lowest BCUT2D eigenvalue weighted by atomic mass is 10.1. The maximum Gasteiger partial charge on any atom is 0.218 e. The van der Waals surface area contributed by atoms with Crippen molar-refractivity contribution in [3.63, 3.8) is 0 Å². The van der Waals surface area contributed by atoms with Crippen LogP contribution in [0.4, 0.5) is 0 Å². The van der Waals surface area contributed by atoms with Gasteiger partial charge in [-0.1, -0.05) is 0 Å². The molecular weight excluding hydrogens is 326 g/mol. The molecule has 0 radical (unpaired) electrons. The first-order chi connectivity index (χ1) is 12.5. The molecule has 1 aliphatic rings. The first-order valence-electron chi connectivity index (χ1n) is 9.44. The van der Waals surface area contributed by atoms with E-state index in [1.54, 1.807) is 12.0 Å². The van der Waals surface area contributed by atoms with E-state index in [2.05, 4.69) is 23.6 Å². The van der Waals surface area contributed by atoms with E-state index in [1.165, 1.54) is 10.5 Å². The van der Waals surface area contributed by atoms with Crippen molar-refractivity contribution in [2.75, 3.05) is 39.8 Å². The van der Waals surface area contributed by atoms with Crippen LogP contribution in [-0.4, -0.2) is 50.2 Å². The number of quaternary nitrogens is 2. The van der Waals surface area contributed by atoms with Gasteiger partial charge in [-0.15, -0.1) is 0 Å². The molecule has 0 saturated carbocycles. The van der Waals surface area contributed by atoms with Crippen LogP contribution in [0.3, 0.4) is 0 Å². The van der Waals surface area contributed by atoms with Crippen molar-refractivity contribution in [1.82, 2.24) is 4.57 Å². The summed E-state index contributed by atoms with van der Waals surface area (Å²) < 4.78 is 7.32. The van der Waals surface area contributed by atoms with Crippen molar-refractivity contribution < 1.29 is 19.3 Å². The average molecular weight is 357 g/mol. The Bertz CT molecular complexity index is 756. The minimum absolute atomic E-state index is 0.278. The number of ketones is 1. The molecule has 3 rings (SSSR count). The quantitative estimate of drug-likeness (QED) is 0.704. The van der Waals surface area contributed by atoms with Gasteiger partial charge >= 0.3 is 0 Å². The largest absolute Gasteiger partial charge is 0.497 e. The Balaban J connectivity index is 1.50. The van der Waals surface area contributed by atoms with Crippen LogP contribution < -0.4 is 14.5 Å². The van der Waals surface area contributed by atoms with Gasteiger partial charge in [0.15, 0.2) is 0 Å².